The molecule has 1 aromatic heterocycles. The van der Waals surface area contributed by atoms with Gasteiger partial charge in [-0.3, -0.25) is 9.59 Å². The molecule has 12 heteroatoms. The molecule has 2 atom stereocenters. The first-order valence-corrected chi connectivity index (χ1v) is 15.4. The maximum atomic E-state index is 13.0. The van der Waals surface area contributed by atoms with Gasteiger partial charge in [0.1, 0.15) is 17.4 Å². The Morgan fingerprint density at radius 3 is 2.11 bits per heavy atom. The summed E-state index contributed by atoms with van der Waals surface area (Å²) in [5, 5.41) is 3.33. The molecule has 0 bridgehead atoms. The Kier molecular flexibility index (Phi) is 10.1. The number of benzene rings is 3. The number of anilines is 1. The zero-order valence-corrected chi connectivity index (χ0v) is 25.8. The predicted molar refractivity (Wildman–Crippen MR) is 164 cm³/mol. The van der Waals surface area contributed by atoms with Crippen molar-refractivity contribution in [3.05, 3.63) is 78.6 Å². The smallest absolute Gasteiger partial charge is 0.347 e. The van der Waals surface area contributed by atoms with Crippen LogP contribution in [0.1, 0.15) is 38.2 Å². The average molecular weight is 623 g/mol. The van der Waals surface area contributed by atoms with E-state index in [1.807, 2.05) is 0 Å². The molecule has 1 unspecified atom stereocenters. The molecule has 11 nitrogen and oxygen atoms in total. The Balaban J connectivity index is 1.44. The molecule has 4 rings (SSSR count). The molecule has 232 valence electrons. The first-order valence-electron chi connectivity index (χ1n) is 13.9. The van der Waals surface area contributed by atoms with Gasteiger partial charge in [0, 0.05) is 11.8 Å². The summed E-state index contributed by atoms with van der Waals surface area (Å²) in [6.45, 7) is 6.97. The van der Waals surface area contributed by atoms with Crippen molar-refractivity contribution in [2.24, 2.45) is 5.92 Å². The second-order valence-electron chi connectivity index (χ2n) is 10.2. The summed E-state index contributed by atoms with van der Waals surface area (Å²) in [5.74, 6) is -1.50. The monoisotopic (exact) mass is 622 g/mol. The van der Waals surface area contributed by atoms with Crippen molar-refractivity contribution < 1.29 is 41.4 Å². The number of furan rings is 1. The van der Waals surface area contributed by atoms with Crippen LogP contribution in [0, 0.1) is 5.92 Å². The van der Waals surface area contributed by atoms with Crippen LogP contribution < -0.4 is 14.8 Å². The van der Waals surface area contributed by atoms with Crippen molar-refractivity contribution in [1.82, 2.24) is 4.72 Å². The molecule has 2 N–H and O–H groups in total. The molecule has 0 saturated carbocycles. The lowest BCUT2D eigenvalue weighted by molar-refractivity contribution is -0.150. The molecule has 1 heterocycles. The molecule has 0 aliphatic carbocycles. The summed E-state index contributed by atoms with van der Waals surface area (Å²) in [5.41, 5.74) is 2.47. The Morgan fingerprint density at radius 2 is 1.52 bits per heavy atom. The summed E-state index contributed by atoms with van der Waals surface area (Å²) in [6, 6.07) is 18.8. The van der Waals surface area contributed by atoms with Crippen LogP contribution in [0.2, 0.25) is 0 Å². The van der Waals surface area contributed by atoms with Crippen molar-refractivity contribution >= 4 is 44.5 Å². The van der Waals surface area contributed by atoms with Gasteiger partial charge in [-0.05, 0) is 67.3 Å². The van der Waals surface area contributed by atoms with E-state index in [2.05, 4.69) is 10.0 Å². The summed E-state index contributed by atoms with van der Waals surface area (Å²) >= 11 is 0. The molecule has 0 aliphatic rings. The van der Waals surface area contributed by atoms with Crippen LogP contribution in [-0.2, 0) is 29.1 Å². The van der Waals surface area contributed by atoms with Crippen molar-refractivity contribution in [2.45, 2.75) is 44.7 Å². The molecule has 0 aliphatic heterocycles. The van der Waals surface area contributed by atoms with Crippen molar-refractivity contribution in [1.29, 1.82) is 0 Å². The number of hydrogen-bond donors (Lipinski definition) is 2. The van der Waals surface area contributed by atoms with Gasteiger partial charge in [-0.15, -0.1) is 0 Å². The Labute approximate surface area is 255 Å². The number of nitrogens with one attached hydrogen (secondary N) is 2. The third-order valence-electron chi connectivity index (χ3n) is 6.71. The fraction of sp³-hybridized carbons (Fsp3) is 0.281. The quantitative estimate of drug-likeness (QED) is 0.204. The highest BCUT2D eigenvalue weighted by molar-refractivity contribution is 7.89. The van der Waals surface area contributed by atoms with Crippen LogP contribution in [0.15, 0.2) is 82.1 Å². The number of sulfonamides is 1. The largest absolute Gasteiger partial charge is 0.478 e. The SMILES string of the molecule is CCOC(=O)C(C)Oc1cccc2oc(C(=O)Nc3ccc(-c4ccc(S(=O)(=O)N[C@H](C(=O)OC)C(C)C)cc4)cc3)cc12. The van der Waals surface area contributed by atoms with E-state index >= 15 is 0 Å². The number of ether oxygens (including phenoxy) is 3. The van der Waals surface area contributed by atoms with Gasteiger partial charge in [0.2, 0.25) is 10.0 Å². The van der Waals surface area contributed by atoms with Crippen LogP contribution >= 0.6 is 0 Å². The normalized spacial score (nSPS) is 12.9. The topological polar surface area (TPSA) is 150 Å². The molecular weight excluding hydrogens is 588 g/mol. The van der Waals surface area contributed by atoms with Crippen LogP contribution in [0.3, 0.4) is 0 Å². The van der Waals surface area contributed by atoms with E-state index in [1.54, 1.807) is 88.4 Å². The molecule has 0 fully saturated rings. The van der Waals surface area contributed by atoms with Crippen LogP contribution in [0.4, 0.5) is 5.69 Å². The van der Waals surface area contributed by atoms with Gasteiger partial charge in [-0.25, -0.2) is 13.2 Å². The molecule has 1 amide bonds. The number of rotatable bonds is 12. The van der Waals surface area contributed by atoms with E-state index in [0.717, 1.165) is 11.1 Å². The zero-order valence-electron chi connectivity index (χ0n) is 24.9. The standard InChI is InChI=1S/C32H34N2O9S/c1-6-41-31(36)20(4)42-26-8-7-9-27-25(26)18-28(43-27)30(35)33-23-14-10-21(11-15-23)22-12-16-24(17-13-22)44(38,39)34-29(19(2)3)32(37)40-5/h7-20,29,34H,6H2,1-5H3,(H,33,35)/t20?,29-/m0/s1. The zero-order chi connectivity index (χ0) is 32.0. The van der Waals surface area contributed by atoms with E-state index in [1.165, 1.54) is 19.2 Å². The number of esters is 2. The van der Waals surface area contributed by atoms with Gasteiger partial charge in [-0.1, -0.05) is 44.2 Å². The van der Waals surface area contributed by atoms with Crippen LogP contribution in [0.25, 0.3) is 22.1 Å². The van der Waals surface area contributed by atoms with Crippen LogP contribution in [-0.4, -0.2) is 52.1 Å². The molecule has 0 saturated heterocycles. The van der Waals surface area contributed by atoms with Gasteiger partial charge in [0.25, 0.3) is 5.91 Å². The van der Waals surface area contributed by atoms with Crippen molar-refractivity contribution in [2.75, 3.05) is 19.0 Å². The van der Waals surface area contributed by atoms with Crippen molar-refractivity contribution in [3.8, 4) is 16.9 Å². The number of methoxy groups -OCH3 is 1. The maximum absolute atomic E-state index is 13.0. The summed E-state index contributed by atoms with van der Waals surface area (Å²) in [7, 11) is -2.76. The highest BCUT2D eigenvalue weighted by Crippen LogP contribution is 2.30. The predicted octanol–water partition coefficient (Wildman–Crippen LogP) is 5.16. The van der Waals surface area contributed by atoms with Gasteiger partial charge < -0.3 is 23.9 Å². The lowest BCUT2D eigenvalue weighted by Gasteiger charge is -2.19. The molecule has 4 aromatic rings. The Hall–Kier alpha value is -4.68. The summed E-state index contributed by atoms with van der Waals surface area (Å²) in [4.78, 5) is 37.0. The van der Waals surface area contributed by atoms with Crippen LogP contribution in [0.5, 0.6) is 5.75 Å². The lowest BCUT2D eigenvalue weighted by Crippen LogP contribution is -2.44. The maximum Gasteiger partial charge on any atom is 0.347 e. The molecule has 0 radical (unpaired) electrons. The Bertz CT molecular complexity index is 1740. The Morgan fingerprint density at radius 1 is 0.886 bits per heavy atom. The summed E-state index contributed by atoms with van der Waals surface area (Å²) in [6.07, 6.45) is -0.840. The number of amides is 1. The van der Waals surface area contributed by atoms with E-state index in [9.17, 15) is 22.8 Å². The second kappa shape index (κ2) is 13.7. The van der Waals surface area contributed by atoms with E-state index in [0.29, 0.717) is 22.4 Å². The second-order valence-corrected chi connectivity index (χ2v) is 11.9. The minimum atomic E-state index is -3.97. The first-order chi connectivity index (χ1) is 20.9. The van der Waals surface area contributed by atoms with Gasteiger partial charge in [0.05, 0.1) is 24.0 Å². The average Bonchev–Trinajstić information content (AvgIpc) is 3.46. The minimum absolute atomic E-state index is 0.00873. The fourth-order valence-corrected chi connectivity index (χ4v) is 5.66. The van der Waals surface area contributed by atoms with E-state index in [4.69, 9.17) is 18.6 Å². The van der Waals surface area contributed by atoms with Gasteiger partial charge in [-0.2, -0.15) is 4.72 Å². The number of fused-ring (bicyclic) bond motifs is 1. The fourth-order valence-electron chi connectivity index (χ4n) is 4.33. The number of carbonyl (C=O) groups excluding carboxylic acids is 3. The molecule has 3 aromatic carbocycles. The molecular formula is C32H34N2O9S. The number of hydrogen-bond acceptors (Lipinski definition) is 9. The van der Waals surface area contributed by atoms with E-state index in [-0.39, 0.29) is 23.2 Å². The molecule has 44 heavy (non-hydrogen) atoms. The summed E-state index contributed by atoms with van der Waals surface area (Å²) < 4.78 is 49.3. The van der Waals surface area contributed by atoms with Gasteiger partial charge in [0.15, 0.2) is 11.9 Å². The number of carbonyl (C=O) groups is 3. The lowest BCUT2D eigenvalue weighted by atomic mass is 10.1. The van der Waals surface area contributed by atoms with Crippen molar-refractivity contribution in [3.63, 3.8) is 0 Å². The third kappa shape index (κ3) is 7.44. The third-order valence-corrected chi connectivity index (χ3v) is 8.17. The van der Waals surface area contributed by atoms with Gasteiger partial charge >= 0.3 is 11.9 Å². The first kappa shape index (κ1) is 32.2. The highest BCUT2D eigenvalue weighted by atomic mass is 32.2. The molecule has 0 spiro atoms. The van der Waals surface area contributed by atoms with E-state index < -0.39 is 40.0 Å². The highest BCUT2D eigenvalue weighted by Gasteiger charge is 2.29. The minimum Gasteiger partial charge on any atom is -0.478 e.